The lowest BCUT2D eigenvalue weighted by atomic mass is 10.1. The molecule has 3 nitrogen and oxygen atoms in total. The van der Waals surface area contributed by atoms with Gasteiger partial charge >= 0.3 is 5.97 Å². The Balaban J connectivity index is 2.02. The molecule has 3 rings (SSSR count). The first-order valence-corrected chi connectivity index (χ1v) is 5.56. The SMILES string of the molecule is O=C(O)c1ccc2c(ccn2CC2CC2)c1. The molecule has 0 bridgehead atoms. The van der Waals surface area contributed by atoms with Gasteiger partial charge in [0.2, 0.25) is 0 Å². The molecule has 1 aromatic heterocycles. The zero-order chi connectivity index (χ0) is 11.1. The average Bonchev–Trinajstić information content (AvgIpc) is 2.99. The highest BCUT2D eigenvalue weighted by atomic mass is 16.4. The number of aromatic nitrogens is 1. The monoisotopic (exact) mass is 215 g/mol. The molecule has 0 unspecified atom stereocenters. The number of carbonyl (C=O) groups is 1. The summed E-state index contributed by atoms with van der Waals surface area (Å²) in [7, 11) is 0. The van der Waals surface area contributed by atoms with Crippen molar-refractivity contribution in [3.63, 3.8) is 0 Å². The van der Waals surface area contributed by atoms with Crippen LogP contribution in [0, 0.1) is 5.92 Å². The first-order valence-electron chi connectivity index (χ1n) is 5.56. The van der Waals surface area contributed by atoms with E-state index in [4.69, 9.17) is 5.11 Å². The molecule has 1 fully saturated rings. The molecule has 16 heavy (non-hydrogen) atoms. The van der Waals surface area contributed by atoms with Crippen molar-refractivity contribution in [3.8, 4) is 0 Å². The van der Waals surface area contributed by atoms with E-state index < -0.39 is 5.97 Å². The number of aromatic carboxylic acids is 1. The van der Waals surface area contributed by atoms with Crippen LogP contribution in [0.5, 0.6) is 0 Å². The molecule has 1 aliphatic carbocycles. The van der Waals surface area contributed by atoms with Crippen LogP contribution in [-0.4, -0.2) is 15.6 Å². The quantitative estimate of drug-likeness (QED) is 0.855. The van der Waals surface area contributed by atoms with Crippen molar-refractivity contribution < 1.29 is 9.90 Å². The van der Waals surface area contributed by atoms with E-state index in [2.05, 4.69) is 10.8 Å². The third-order valence-corrected chi connectivity index (χ3v) is 3.17. The first-order chi connectivity index (χ1) is 7.74. The number of carboxylic acids is 1. The Bertz CT molecular complexity index is 552. The van der Waals surface area contributed by atoms with Gasteiger partial charge < -0.3 is 9.67 Å². The Morgan fingerprint density at radius 1 is 1.38 bits per heavy atom. The van der Waals surface area contributed by atoms with Crippen LogP contribution in [0.25, 0.3) is 10.9 Å². The molecule has 82 valence electrons. The van der Waals surface area contributed by atoms with Gasteiger partial charge in [0, 0.05) is 23.6 Å². The van der Waals surface area contributed by atoms with E-state index in [1.807, 2.05) is 12.1 Å². The molecule has 1 aromatic carbocycles. The Hall–Kier alpha value is -1.77. The number of carboxylic acid groups (broad SMARTS) is 1. The molecule has 1 N–H and O–H groups in total. The predicted octanol–water partition coefficient (Wildman–Crippen LogP) is 2.75. The Morgan fingerprint density at radius 2 is 2.19 bits per heavy atom. The number of nitrogens with zero attached hydrogens (tertiary/aromatic N) is 1. The van der Waals surface area contributed by atoms with Gasteiger partial charge in [0.25, 0.3) is 0 Å². The smallest absolute Gasteiger partial charge is 0.335 e. The molecule has 0 atom stereocenters. The summed E-state index contributed by atoms with van der Waals surface area (Å²) in [6.07, 6.45) is 4.70. The van der Waals surface area contributed by atoms with Gasteiger partial charge in [-0.05, 0) is 43.0 Å². The fourth-order valence-electron chi connectivity index (χ4n) is 2.07. The lowest BCUT2D eigenvalue weighted by molar-refractivity contribution is 0.0697. The third kappa shape index (κ3) is 1.58. The topological polar surface area (TPSA) is 42.2 Å². The molecule has 1 saturated carbocycles. The summed E-state index contributed by atoms with van der Waals surface area (Å²) in [5, 5.41) is 9.91. The van der Waals surface area contributed by atoms with E-state index in [1.54, 1.807) is 12.1 Å². The van der Waals surface area contributed by atoms with Crippen LogP contribution in [0.15, 0.2) is 30.5 Å². The van der Waals surface area contributed by atoms with Crippen LogP contribution in [0.1, 0.15) is 23.2 Å². The molecule has 1 heterocycles. The highest BCUT2D eigenvalue weighted by Gasteiger charge is 2.22. The van der Waals surface area contributed by atoms with E-state index in [0.717, 1.165) is 23.4 Å². The summed E-state index contributed by atoms with van der Waals surface area (Å²) in [6.45, 7) is 1.07. The molecular formula is C13H13NO2. The molecule has 0 spiro atoms. The maximum Gasteiger partial charge on any atom is 0.335 e. The number of hydrogen-bond acceptors (Lipinski definition) is 1. The number of hydrogen-bond donors (Lipinski definition) is 1. The zero-order valence-electron chi connectivity index (χ0n) is 8.89. The van der Waals surface area contributed by atoms with Gasteiger partial charge in [-0.25, -0.2) is 4.79 Å². The standard InChI is InChI=1S/C13H13NO2/c15-13(16)11-3-4-12-10(7-11)5-6-14(12)8-9-1-2-9/h3-7,9H,1-2,8H2,(H,15,16). The van der Waals surface area contributed by atoms with E-state index in [-0.39, 0.29) is 0 Å². The average molecular weight is 215 g/mol. The minimum atomic E-state index is -0.864. The molecule has 0 saturated heterocycles. The van der Waals surface area contributed by atoms with Crippen molar-refractivity contribution >= 4 is 16.9 Å². The third-order valence-electron chi connectivity index (χ3n) is 3.17. The number of benzene rings is 1. The minimum absolute atomic E-state index is 0.358. The second-order valence-electron chi connectivity index (χ2n) is 4.49. The predicted molar refractivity (Wildman–Crippen MR) is 61.6 cm³/mol. The van der Waals surface area contributed by atoms with Gasteiger partial charge in [0.05, 0.1) is 5.56 Å². The molecule has 2 aromatic rings. The Morgan fingerprint density at radius 3 is 2.88 bits per heavy atom. The van der Waals surface area contributed by atoms with E-state index >= 15 is 0 Å². The van der Waals surface area contributed by atoms with Crippen LogP contribution < -0.4 is 0 Å². The normalized spacial score (nSPS) is 15.5. The second-order valence-corrected chi connectivity index (χ2v) is 4.49. The summed E-state index contributed by atoms with van der Waals surface area (Å²) in [6, 6.07) is 7.31. The minimum Gasteiger partial charge on any atom is -0.478 e. The van der Waals surface area contributed by atoms with Crippen LogP contribution in [-0.2, 0) is 6.54 Å². The van der Waals surface area contributed by atoms with Crippen LogP contribution >= 0.6 is 0 Å². The van der Waals surface area contributed by atoms with E-state index in [9.17, 15) is 4.79 Å². The Labute approximate surface area is 93.3 Å². The second kappa shape index (κ2) is 3.37. The molecule has 0 radical (unpaired) electrons. The number of rotatable bonds is 3. The summed E-state index contributed by atoms with van der Waals surface area (Å²) in [5.74, 6) is -0.0356. The largest absolute Gasteiger partial charge is 0.478 e. The molecule has 1 aliphatic rings. The van der Waals surface area contributed by atoms with Gasteiger partial charge in [-0.15, -0.1) is 0 Å². The van der Waals surface area contributed by atoms with Crippen molar-refractivity contribution in [2.75, 3.05) is 0 Å². The lowest BCUT2D eigenvalue weighted by Gasteiger charge is -2.03. The van der Waals surface area contributed by atoms with Gasteiger partial charge in [0.15, 0.2) is 0 Å². The maximum absolute atomic E-state index is 10.8. The first kappa shape index (κ1) is 9.46. The van der Waals surface area contributed by atoms with Crippen LogP contribution in [0.3, 0.4) is 0 Å². The van der Waals surface area contributed by atoms with Crippen molar-refractivity contribution in [2.45, 2.75) is 19.4 Å². The summed E-state index contributed by atoms with van der Waals surface area (Å²) in [5.41, 5.74) is 1.49. The summed E-state index contributed by atoms with van der Waals surface area (Å²) in [4.78, 5) is 10.8. The van der Waals surface area contributed by atoms with Crippen LogP contribution in [0.2, 0.25) is 0 Å². The summed E-state index contributed by atoms with van der Waals surface area (Å²) >= 11 is 0. The Kier molecular flexibility index (Phi) is 1.99. The van der Waals surface area contributed by atoms with Crippen LogP contribution in [0.4, 0.5) is 0 Å². The van der Waals surface area contributed by atoms with Crippen molar-refractivity contribution in [2.24, 2.45) is 5.92 Å². The molecular weight excluding hydrogens is 202 g/mol. The van der Waals surface area contributed by atoms with Crippen molar-refractivity contribution in [1.82, 2.24) is 4.57 Å². The summed E-state index contributed by atoms with van der Waals surface area (Å²) < 4.78 is 2.22. The van der Waals surface area contributed by atoms with E-state index in [1.165, 1.54) is 12.8 Å². The van der Waals surface area contributed by atoms with Gasteiger partial charge in [-0.2, -0.15) is 0 Å². The highest BCUT2D eigenvalue weighted by Crippen LogP contribution is 2.32. The molecule has 3 heteroatoms. The van der Waals surface area contributed by atoms with Gasteiger partial charge in [0.1, 0.15) is 0 Å². The van der Waals surface area contributed by atoms with Crippen molar-refractivity contribution in [1.29, 1.82) is 0 Å². The van der Waals surface area contributed by atoms with E-state index in [0.29, 0.717) is 5.56 Å². The fourth-order valence-corrected chi connectivity index (χ4v) is 2.07. The number of fused-ring (bicyclic) bond motifs is 1. The zero-order valence-corrected chi connectivity index (χ0v) is 8.89. The lowest BCUT2D eigenvalue weighted by Crippen LogP contribution is -1.98. The maximum atomic E-state index is 10.8. The molecule has 0 aliphatic heterocycles. The highest BCUT2D eigenvalue weighted by molar-refractivity contribution is 5.93. The fraction of sp³-hybridized carbons (Fsp3) is 0.308. The van der Waals surface area contributed by atoms with Gasteiger partial charge in [-0.3, -0.25) is 0 Å². The van der Waals surface area contributed by atoms with Crippen molar-refractivity contribution in [3.05, 3.63) is 36.0 Å². The van der Waals surface area contributed by atoms with Gasteiger partial charge in [-0.1, -0.05) is 0 Å². The molecule has 0 amide bonds.